The molecule has 1 aliphatic rings. The van der Waals surface area contributed by atoms with Crippen LogP contribution in [0.3, 0.4) is 0 Å². The number of carboxylic acids is 1. The highest BCUT2D eigenvalue weighted by Crippen LogP contribution is 2.15. The molecule has 19 heavy (non-hydrogen) atoms. The fourth-order valence-electron chi connectivity index (χ4n) is 2.06. The molecule has 0 aromatic carbocycles. The first kappa shape index (κ1) is 13.6. The summed E-state index contributed by atoms with van der Waals surface area (Å²) in [5, 5.41) is 8.76. The Morgan fingerprint density at radius 3 is 2.68 bits per heavy atom. The average molecular weight is 266 g/mol. The largest absolute Gasteiger partial charge is 0.481 e. The van der Waals surface area contributed by atoms with Gasteiger partial charge in [-0.3, -0.25) is 14.5 Å². The molecule has 0 atom stereocenters. The van der Waals surface area contributed by atoms with Gasteiger partial charge in [-0.05, 0) is 19.1 Å². The standard InChI is InChI=1S/C13H18N2O4/c1-9-3-4-11(19-9)7-14(2)12(16)8-15-5-10(6-15)13(17)18/h3-4,10H,5-8H2,1-2H3,(H,17,18). The van der Waals surface area contributed by atoms with Crippen LogP contribution in [0.2, 0.25) is 0 Å². The van der Waals surface area contributed by atoms with Crippen LogP contribution in [0.15, 0.2) is 16.5 Å². The Morgan fingerprint density at radius 1 is 1.47 bits per heavy atom. The summed E-state index contributed by atoms with van der Waals surface area (Å²) in [7, 11) is 1.72. The number of carbonyl (C=O) groups excluding carboxylic acids is 1. The number of rotatable bonds is 5. The number of furan rings is 1. The van der Waals surface area contributed by atoms with Gasteiger partial charge in [0.05, 0.1) is 19.0 Å². The molecule has 1 amide bonds. The van der Waals surface area contributed by atoms with Gasteiger partial charge in [0, 0.05) is 20.1 Å². The lowest BCUT2D eigenvalue weighted by Gasteiger charge is -2.36. The number of hydrogen-bond acceptors (Lipinski definition) is 4. The Bertz CT molecular complexity index is 477. The fourth-order valence-corrected chi connectivity index (χ4v) is 2.06. The number of carboxylic acid groups (broad SMARTS) is 1. The molecule has 6 heteroatoms. The molecule has 1 N–H and O–H groups in total. The van der Waals surface area contributed by atoms with Gasteiger partial charge in [-0.1, -0.05) is 0 Å². The smallest absolute Gasteiger partial charge is 0.309 e. The predicted octanol–water partition coefficient (Wildman–Crippen LogP) is 0.563. The highest BCUT2D eigenvalue weighted by Gasteiger charge is 2.33. The van der Waals surface area contributed by atoms with Crippen molar-refractivity contribution < 1.29 is 19.1 Å². The Morgan fingerprint density at radius 2 is 2.16 bits per heavy atom. The van der Waals surface area contributed by atoms with E-state index in [0.717, 1.165) is 11.5 Å². The van der Waals surface area contributed by atoms with Crippen LogP contribution in [0.1, 0.15) is 11.5 Å². The van der Waals surface area contributed by atoms with Crippen LogP contribution >= 0.6 is 0 Å². The van der Waals surface area contributed by atoms with E-state index in [4.69, 9.17) is 9.52 Å². The number of carbonyl (C=O) groups is 2. The molecule has 1 aliphatic heterocycles. The third-order valence-electron chi connectivity index (χ3n) is 3.28. The number of aryl methyl sites for hydroxylation is 1. The lowest BCUT2D eigenvalue weighted by molar-refractivity contribution is -0.149. The van der Waals surface area contributed by atoms with Crippen LogP contribution < -0.4 is 0 Å². The van der Waals surface area contributed by atoms with E-state index < -0.39 is 5.97 Å². The number of aliphatic carboxylic acids is 1. The van der Waals surface area contributed by atoms with E-state index in [2.05, 4.69) is 0 Å². The molecular formula is C13H18N2O4. The van der Waals surface area contributed by atoms with Crippen molar-refractivity contribution in [3.05, 3.63) is 23.7 Å². The first-order valence-corrected chi connectivity index (χ1v) is 6.20. The zero-order valence-corrected chi connectivity index (χ0v) is 11.1. The fraction of sp³-hybridized carbons (Fsp3) is 0.538. The van der Waals surface area contributed by atoms with Gasteiger partial charge in [0.1, 0.15) is 11.5 Å². The quantitative estimate of drug-likeness (QED) is 0.843. The van der Waals surface area contributed by atoms with Crippen molar-refractivity contribution in [2.45, 2.75) is 13.5 Å². The minimum absolute atomic E-state index is 0.0297. The zero-order valence-electron chi connectivity index (χ0n) is 11.1. The van der Waals surface area contributed by atoms with Crippen molar-refractivity contribution in [1.29, 1.82) is 0 Å². The van der Waals surface area contributed by atoms with E-state index in [1.165, 1.54) is 0 Å². The Kier molecular flexibility index (Phi) is 3.90. The second-order valence-electron chi connectivity index (χ2n) is 4.99. The molecule has 2 heterocycles. The highest BCUT2D eigenvalue weighted by molar-refractivity contribution is 5.78. The molecule has 0 spiro atoms. The van der Waals surface area contributed by atoms with Gasteiger partial charge >= 0.3 is 5.97 Å². The Labute approximate surface area is 111 Å². The second kappa shape index (κ2) is 5.44. The molecule has 0 unspecified atom stereocenters. The SMILES string of the molecule is Cc1ccc(CN(C)C(=O)CN2CC(C(=O)O)C2)o1. The van der Waals surface area contributed by atoms with Crippen molar-refractivity contribution in [2.75, 3.05) is 26.7 Å². The van der Waals surface area contributed by atoms with Gasteiger partial charge < -0.3 is 14.4 Å². The van der Waals surface area contributed by atoms with E-state index >= 15 is 0 Å². The topological polar surface area (TPSA) is 74.0 Å². The number of likely N-dealkylation sites (tertiary alicyclic amines) is 1. The Balaban J connectivity index is 1.76. The molecule has 1 aromatic heterocycles. The van der Waals surface area contributed by atoms with Gasteiger partial charge in [-0.25, -0.2) is 0 Å². The molecule has 0 aliphatic carbocycles. The maximum absolute atomic E-state index is 11.9. The van der Waals surface area contributed by atoms with E-state index in [0.29, 0.717) is 19.6 Å². The number of hydrogen-bond donors (Lipinski definition) is 1. The van der Waals surface area contributed by atoms with Crippen LogP contribution in [0.25, 0.3) is 0 Å². The molecule has 1 fully saturated rings. The number of nitrogens with zero attached hydrogens (tertiary/aromatic N) is 2. The second-order valence-corrected chi connectivity index (χ2v) is 4.99. The molecule has 0 saturated carbocycles. The summed E-state index contributed by atoms with van der Waals surface area (Å²) in [4.78, 5) is 26.0. The molecule has 0 radical (unpaired) electrons. The van der Waals surface area contributed by atoms with Crippen LogP contribution in [0.5, 0.6) is 0 Å². The lowest BCUT2D eigenvalue weighted by atomic mass is 10.0. The summed E-state index contributed by atoms with van der Waals surface area (Å²) in [6.45, 7) is 3.46. The molecular weight excluding hydrogens is 248 g/mol. The lowest BCUT2D eigenvalue weighted by Crippen LogP contribution is -2.53. The van der Waals surface area contributed by atoms with Crippen LogP contribution in [-0.2, 0) is 16.1 Å². The monoisotopic (exact) mass is 266 g/mol. The summed E-state index contributed by atoms with van der Waals surface area (Å²) in [5.74, 6) is 0.426. The van der Waals surface area contributed by atoms with E-state index in [1.54, 1.807) is 11.9 Å². The van der Waals surface area contributed by atoms with Crippen molar-refractivity contribution in [1.82, 2.24) is 9.80 Å². The first-order valence-electron chi connectivity index (χ1n) is 6.20. The predicted molar refractivity (Wildman–Crippen MR) is 67.5 cm³/mol. The van der Waals surface area contributed by atoms with Gasteiger partial charge in [0.15, 0.2) is 0 Å². The van der Waals surface area contributed by atoms with E-state index in [9.17, 15) is 9.59 Å². The number of likely N-dealkylation sites (N-methyl/N-ethyl adjacent to an activating group) is 1. The molecule has 1 saturated heterocycles. The van der Waals surface area contributed by atoms with Crippen molar-refractivity contribution >= 4 is 11.9 Å². The van der Waals surface area contributed by atoms with E-state index in [1.807, 2.05) is 24.0 Å². The maximum Gasteiger partial charge on any atom is 0.309 e. The third-order valence-corrected chi connectivity index (χ3v) is 3.28. The van der Waals surface area contributed by atoms with Gasteiger partial charge in [0.25, 0.3) is 0 Å². The molecule has 2 rings (SSSR count). The molecule has 6 nitrogen and oxygen atoms in total. The van der Waals surface area contributed by atoms with Gasteiger partial charge in [0.2, 0.25) is 5.91 Å². The Hall–Kier alpha value is -1.82. The highest BCUT2D eigenvalue weighted by atomic mass is 16.4. The van der Waals surface area contributed by atoms with Crippen molar-refractivity contribution in [3.8, 4) is 0 Å². The van der Waals surface area contributed by atoms with Crippen LogP contribution in [0.4, 0.5) is 0 Å². The van der Waals surface area contributed by atoms with Crippen molar-refractivity contribution in [2.24, 2.45) is 5.92 Å². The zero-order chi connectivity index (χ0) is 14.0. The molecule has 1 aromatic rings. The maximum atomic E-state index is 11.9. The summed E-state index contributed by atoms with van der Waals surface area (Å²) in [6, 6.07) is 3.71. The van der Waals surface area contributed by atoms with Crippen molar-refractivity contribution in [3.63, 3.8) is 0 Å². The summed E-state index contributed by atoms with van der Waals surface area (Å²) < 4.78 is 5.41. The summed E-state index contributed by atoms with van der Waals surface area (Å²) in [5.41, 5.74) is 0. The number of amides is 1. The minimum atomic E-state index is -0.789. The van der Waals surface area contributed by atoms with E-state index in [-0.39, 0.29) is 18.4 Å². The first-order chi connectivity index (χ1) is 8.95. The molecule has 104 valence electrons. The summed E-state index contributed by atoms with van der Waals surface area (Å²) in [6.07, 6.45) is 0. The minimum Gasteiger partial charge on any atom is -0.481 e. The van der Waals surface area contributed by atoms with Crippen LogP contribution in [0, 0.1) is 12.8 Å². The van der Waals surface area contributed by atoms with Gasteiger partial charge in [-0.2, -0.15) is 0 Å². The summed E-state index contributed by atoms with van der Waals surface area (Å²) >= 11 is 0. The van der Waals surface area contributed by atoms with Crippen LogP contribution in [-0.4, -0.2) is 53.5 Å². The normalized spacial score (nSPS) is 16.1. The van der Waals surface area contributed by atoms with Gasteiger partial charge in [-0.15, -0.1) is 0 Å². The molecule has 0 bridgehead atoms. The third kappa shape index (κ3) is 3.35. The average Bonchev–Trinajstić information content (AvgIpc) is 2.67.